The first kappa shape index (κ1) is 19.5. The van der Waals surface area contributed by atoms with Crippen LogP contribution in [-0.2, 0) is 10.2 Å². The highest BCUT2D eigenvalue weighted by Gasteiger charge is 2.71. The second-order valence-corrected chi connectivity index (χ2v) is 7.35. The number of rotatable bonds is 3. The van der Waals surface area contributed by atoms with Gasteiger partial charge in [-0.15, -0.1) is 0 Å². The summed E-state index contributed by atoms with van der Waals surface area (Å²) in [5, 5.41) is 8.88. The van der Waals surface area contributed by atoms with Crippen molar-refractivity contribution in [1.82, 2.24) is 0 Å². The van der Waals surface area contributed by atoms with Crippen molar-refractivity contribution < 1.29 is 40.9 Å². The van der Waals surface area contributed by atoms with Gasteiger partial charge in [-0.1, -0.05) is 30.3 Å². The van der Waals surface area contributed by atoms with Gasteiger partial charge in [-0.3, -0.25) is 4.57 Å². The number of hydrogen-bond donors (Lipinski definition) is 2. The molecule has 3 nitrogen and oxygen atoms in total. The number of alkyl halides is 6. The first-order valence-electron chi connectivity index (χ1n) is 6.67. The molecule has 0 saturated carbocycles. The van der Waals surface area contributed by atoms with Crippen LogP contribution in [0.15, 0.2) is 54.6 Å². The molecule has 0 aromatic heterocycles. The standard InChI is InChI=1S/C15H11F6O3P/c16-14(17,18)13(22,15(19,20)21)10-6-8-12(9-7-10)25(23,24)11-4-2-1-3-5-11/h1-9,22H,(H,23,24). The number of halogens is 6. The highest BCUT2D eigenvalue weighted by atomic mass is 31.2. The molecule has 0 amide bonds. The minimum atomic E-state index is -6.02. The Morgan fingerprint density at radius 3 is 1.52 bits per heavy atom. The summed E-state index contributed by atoms with van der Waals surface area (Å²) in [6, 6.07) is 9.07. The van der Waals surface area contributed by atoms with E-state index in [2.05, 4.69) is 0 Å². The summed E-state index contributed by atoms with van der Waals surface area (Å²) in [6.07, 6.45) is -12.0. The van der Waals surface area contributed by atoms with Crippen LogP contribution in [0.25, 0.3) is 0 Å². The van der Waals surface area contributed by atoms with E-state index in [0.29, 0.717) is 24.3 Å². The van der Waals surface area contributed by atoms with Gasteiger partial charge in [-0.25, -0.2) is 0 Å². The molecular formula is C15H11F6O3P. The van der Waals surface area contributed by atoms with Gasteiger partial charge in [-0.05, 0) is 24.3 Å². The predicted molar refractivity (Wildman–Crippen MR) is 78.0 cm³/mol. The van der Waals surface area contributed by atoms with Crippen molar-refractivity contribution in [1.29, 1.82) is 0 Å². The monoisotopic (exact) mass is 384 g/mol. The average Bonchev–Trinajstić information content (AvgIpc) is 2.53. The second-order valence-electron chi connectivity index (χ2n) is 5.16. The van der Waals surface area contributed by atoms with E-state index in [1.165, 1.54) is 24.3 Å². The van der Waals surface area contributed by atoms with Crippen LogP contribution in [0.5, 0.6) is 0 Å². The molecule has 0 saturated heterocycles. The molecule has 1 unspecified atom stereocenters. The molecule has 25 heavy (non-hydrogen) atoms. The maximum absolute atomic E-state index is 12.8. The van der Waals surface area contributed by atoms with E-state index < -0.39 is 30.9 Å². The van der Waals surface area contributed by atoms with Crippen molar-refractivity contribution in [2.75, 3.05) is 0 Å². The van der Waals surface area contributed by atoms with Gasteiger partial charge in [0.1, 0.15) is 0 Å². The van der Waals surface area contributed by atoms with Gasteiger partial charge in [0, 0.05) is 16.2 Å². The minimum Gasteiger partial charge on any atom is -0.369 e. The van der Waals surface area contributed by atoms with Crippen molar-refractivity contribution in [2.24, 2.45) is 0 Å². The summed E-state index contributed by atoms with van der Waals surface area (Å²) in [7, 11) is -4.19. The second kappa shape index (κ2) is 6.16. The van der Waals surface area contributed by atoms with Crippen LogP contribution in [0, 0.1) is 0 Å². The van der Waals surface area contributed by atoms with E-state index in [1.807, 2.05) is 0 Å². The summed E-state index contributed by atoms with van der Waals surface area (Å²) in [6.45, 7) is 0. The quantitative estimate of drug-likeness (QED) is 0.631. The van der Waals surface area contributed by atoms with Gasteiger partial charge in [-0.2, -0.15) is 26.3 Å². The molecule has 0 aliphatic heterocycles. The van der Waals surface area contributed by atoms with E-state index in [-0.39, 0.29) is 10.6 Å². The Morgan fingerprint density at radius 2 is 1.12 bits per heavy atom. The molecule has 0 aliphatic carbocycles. The third kappa shape index (κ3) is 3.31. The molecular weight excluding hydrogens is 373 g/mol. The zero-order chi connectivity index (χ0) is 19.1. The van der Waals surface area contributed by atoms with Crippen LogP contribution in [0.3, 0.4) is 0 Å². The summed E-state index contributed by atoms with van der Waals surface area (Å²) >= 11 is 0. The normalized spacial score (nSPS) is 15.7. The highest BCUT2D eigenvalue weighted by molar-refractivity contribution is 7.73. The fraction of sp³-hybridized carbons (Fsp3) is 0.200. The Bertz CT molecular complexity index is 770. The van der Waals surface area contributed by atoms with E-state index in [0.717, 1.165) is 0 Å². The molecule has 0 spiro atoms. The molecule has 1 atom stereocenters. The summed E-state index contributed by atoms with van der Waals surface area (Å²) in [5.74, 6) is 0. The van der Waals surface area contributed by atoms with E-state index in [1.54, 1.807) is 6.07 Å². The van der Waals surface area contributed by atoms with Crippen LogP contribution >= 0.6 is 7.37 Å². The lowest BCUT2D eigenvalue weighted by Gasteiger charge is -2.32. The highest BCUT2D eigenvalue weighted by Crippen LogP contribution is 2.50. The lowest BCUT2D eigenvalue weighted by Crippen LogP contribution is -2.54. The Labute approximate surface area is 138 Å². The average molecular weight is 384 g/mol. The summed E-state index contributed by atoms with van der Waals surface area (Å²) in [5.41, 5.74) is -6.57. The van der Waals surface area contributed by atoms with Crippen molar-refractivity contribution >= 4 is 18.0 Å². The van der Waals surface area contributed by atoms with E-state index in [9.17, 15) is 40.9 Å². The third-order valence-corrected chi connectivity index (χ3v) is 5.56. The Kier molecular flexibility index (Phi) is 4.80. The number of hydrogen-bond acceptors (Lipinski definition) is 2. The Balaban J connectivity index is 2.51. The zero-order valence-electron chi connectivity index (χ0n) is 12.2. The predicted octanol–water partition coefficient (Wildman–Crippen LogP) is 3.22. The molecule has 136 valence electrons. The molecule has 2 aromatic rings. The molecule has 10 heteroatoms. The van der Waals surface area contributed by atoms with Crippen LogP contribution in [0.1, 0.15) is 5.56 Å². The smallest absolute Gasteiger partial charge is 0.369 e. The minimum absolute atomic E-state index is 0.0374. The summed E-state index contributed by atoms with van der Waals surface area (Å²) < 4.78 is 89.3. The SMILES string of the molecule is O=P(O)(c1ccccc1)c1ccc(C(O)(C(F)(F)F)C(F)(F)F)cc1. The van der Waals surface area contributed by atoms with Crippen LogP contribution in [0.4, 0.5) is 26.3 Å². The molecule has 0 bridgehead atoms. The lowest BCUT2D eigenvalue weighted by molar-refractivity contribution is -0.376. The molecule has 0 radical (unpaired) electrons. The molecule has 2 rings (SSSR count). The molecule has 0 heterocycles. The largest absolute Gasteiger partial charge is 0.430 e. The van der Waals surface area contributed by atoms with Crippen molar-refractivity contribution in [2.45, 2.75) is 18.0 Å². The van der Waals surface area contributed by atoms with Gasteiger partial charge in [0.2, 0.25) is 0 Å². The molecule has 0 fully saturated rings. The fourth-order valence-electron chi connectivity index (χ4n) is 2.17. The lowest BCUT2D eigenvalue weighted by atomic mass is 9.92. The number of benzene rings is 2. The van der Waals surface area contributed by atoms with Crippen molar-refractivity contribution in [3.8, 4) is 0 Å². The molecule has 0 aliphatic rings. The topological polar surface area (TPSA) is 57.5 Å². The van der Waals surface area contributed by atoms with Crippen LogP contribution in [0.2, 0.25) is 0 Å². The van der Waals surface area contributed by atoms with Crippen LogP contribution < -0.4 is 10.6 Å². The maximum Gasteiger partial charge on any atom is 0.430 e. The maximum atomic E-state index is 12.8. The Morgan fingerprint density at radius 1 is 0.720 bits per heavy atom. The molecule has 2 aromatic carbocycles. The van der Waals surface area contributed by atoms with Crippen molar-refractivity contribution in [3.63, 3.8) is 0 Å². The van der Waals surface area contributed by atoms with Gasteiger partial charge in [0.15, 0.2) is 0 Å². The first-order valence-corrected chi connectivity index (χ1v) is 8.33. The Hall–Kier alpha value is -1.83. The van der Waals surface area contributed by atoms with Gasteiger partial charge < -0.3 is 10.00 Å². The van der Waals surface area contributed by atoms with Gasteiger partial charge in [0.05, 0.1) is 0 Å². The van der Waals surface area contributed by atoms with Crippen molar-refractivity contribution in [3.05, 3.63) is 60.2 Å². The summed E-state index contributed by atoms with van der Waals surface area (Å²) in [4.78, 5) is 10.1. The third-order valence-electron chi connectivity index (χ3n) is 3.56. The number of aliphatic hydroxyl groups is 1. The van der Waals surface area contributed by atoms with Crippen LogP contribution in [-0.4, -0.2) is 22.4 Å². The van der Waals surface area contributed by atoms with E-state index in [4.69, 9.17) is 0 Å². The zero-order valence-corrected chi connectivity index (χ0v) is 13.1. The fourth-order valence-corrected chi connectivity index (χ4v) is 3.60. The van der Waals surface area contributed by atoms with Gasteiger partial charge in [0.25, 0.3) is 13.0 Å². The molecule has 2 N–H and O–H groups in total. The van der Waals surface area contributed by atoms with Gasteiger partial charge >= 0.3 is 12.4 Å². The first-order chi connectivity index (χ1) is 11.3. The van der Waals surface area contributed by atoms with E-state index >= 15 is 0 Å².